The number of benzene rings is 3. The van der Waals surface area contributed by atoms with Crippen LogP contribution < -0.4 is 24.8 Å². The molecule has 13 heteroatoms. The Balaban J connectivity index is 0.000000223. The predicted octanol–water partition coefficient (Wildman–Crippen LogP) is 7.54. The molecule has 0 saturated carbocycles. The molecule has 2 aliphatic rings. The molecule has 1 unspecified atom stereocenters. The highest BCUT2D eigenvalue weighted by Crippen LogP contribution is 2.37. The van der Waals surface area contributed by atoms with E-state index in [2.05, 4.69) is 88.6 Å². The van der Waals surface area contributed by atoms with Crippen LogP contribution in [0.25, 0.3) is 0 Å². The summed E-state index contributed by atoms with van der Waals surface area (Å²) in [5.74, 6) is 1.74. The smallest absolute Gasteiger partial charge is 0.204 e. The molecule has 6 rings (SSSR count). The Morgan fingerprint density at radius 2 is 1.58 bits per heavy atom. The van der Waals surface area contributed by atoms with E-state index < -0.39 is 5.79 Å². The zero-order chi connectivity index (χ0) is 36.9. The summed E-state index contributed by atoms with van der Waals surface area (Å²) in [6.45, 7) is 11.6. The maximum Gasteiger partial charge on any atom is 0.204 e. The first-order valence-corrected chi connectivity index (χ1v) is 19.2. The van der Waals surface area contributed by atoms with Crippen LogP contribution in [0.1, 0.15) is 39.2 Å². The lowest BCUT2D eigenvalue weighted by atomic mass is 10.1. The van der Waals surface area contributed by atoms with Crippen molar-refractivity contribution in [3.8, 4) is 5.75 Å². The van der Waals surface area contributed by atoms with E-state index in [0.29, 0.717) is 30.0 Å². The molecule has 1 atom stereocenters. The molecule has 3 aromatic carbocycles. The fourth-order valence-electron chi connectivity index (χ4n) is 5.95. The molecule has 52 heavy (non-hydrogen) atoms. The Labute approximate surface area is 317 Å². The van der Waals surface area contributed by atoms with Gasteiger partial charge in [0.15, 0.2) is 5.16 Å². The van der Waals surface area contributed by atoms with Crippen molar-refractivity contribution < 1.29 is 14.2 Å². The minimum Gasteiger partial charge on any atom is -0.497 e. The van der Waals surface area contributed by atoms with E-state index >= 15 is 0 Å². The molecular formula is C39H51ClN8O3S. The Morgan fingerprint density at radius 1 is 0.981 bits per heavy atom. The number of piperazine rings is 1. The van der Waals surface area contributed by atoms with Gasteiger partial charge in [0.1, 0.15) is 17.9 Å². The highest BCUT2D eigenvalue weighted by atomic mass is 35.5. The summed E-state index contributed by atoms with van der Waals surface area (Å²) in [6.07, 6.45) is 7.16. The van der Waals surface area contributed by atoms with Crippen molar-refractivity contribution in [3.63, 3.8) is 0 Å². The van der Waals surface area contributed by atoms with E-state index in [1.165, 1.54) is 17.7 Å². The lowest BCUT2D eigenvalue weighted by Crippen LogP contribution is -2.46. The zero-order valence-corrected chi connectivity index (χ0v) is 32.4. The third-order valence-electron chi connectivity index (χ3n) is 9.10. The SMILES string of the molecule is CCC=C(NC(C)CC)N(C=N)c1ccc(N2CCN(c3ccc(OC)cc3)CC2)cc1.Cn1cnnc1SCC1(c2ccc(Cl)cc2)OCCO1. The first kappa shape index (κ1) is 39.0. The number of aromatic nitrogens is 3. The van der Waals surface area contributed by atoms with Crippen molar-refractivity contribution in [3.05, 3.63) is 102 Å². The lowest BCUT2D eigenvalue weighted by Gasteiger charge is -2.37. The van der Waals surface area contributed by atoms with E-state index in [1.807, 2.05) is 52.9 Å². The topological polar surface area (TPSA) is 104 Å². The van der Waals surface area contributed by atoms with Crippen LogP contribution in [0.4, 0.5) is 17.1 Å². The third-order valence-corrected chi connectivity index (χ3v) is 10.5. The summed E-state index contributed by atoms with van der Waals surface area (Å²) in [6, 6.07) is 24.8. The number of aryl methyl sites for hydroxylation is 1. The quantitative estimate of drug-likeness (QED) is 0.0765. The average Bonchev–Trinajstić information content (AvgIpc) is 3.84. The molecule has 2 aliphatic heterocycles. The van der Waals surface area contributed by atoms with Gasteiger partial charge in [-0.25, -0.2) is 0 Å². The van der Waals surface area contributed by atoms with Crippen LogP contribution in [0.5, 0.6) is 5.75 Å². The molecular weight excluding hydrogens is 696 g/mol. The largest absolute Gasteiger partial charge is 0.497 e. The Bertz CT molecular complexity index is 1700. The van der Waals surface area contributed by atoms with Gasteiger partial charge in [0.2, 0.25) is 5.79 Å². The molecule has 0 spiro atoms. The van der Waals surface area contributed by atoms with E-state index in [9.17, 15) is 0 Å². The van der Waals surface area contributed by atoms with Gasteiger partial charge in [0.25, 0.3) is 0 Å². The molecule has 2 saturated heterocycles. The normalized spacial score (nSPS) is 16.2. The molecule has 4 aromatic rings. The summed E-state index contributed by atoms with van der Waals surface area (Å²) in [4.78, 5) is 6.77. The van der Waals surface area contributed by atoms with E-state index in [-0.39, 0.29) is 0 Å². The molecule has 0 radical (unpaired) electrons. The number of thioether (sulfide) groups is 1. The predicted molar refractivity (Wildman–Crippen MR) is 213 cm³/mol. The number of ether oxygens (including phenoxy) is 3. The van der Waals surface area contributed by atoms with E-state index in [1.54, 1.807) is 25.2 Å². The van der Waals surface area contributed by atoms with Crippen molar-refractivity contribution in [2.24, 2.45) is 7.05 Å². The maximum atomic E-state index is 7.98. The van der Waals surface area contributed by atoms with Gasteiger partial charge >= 0.3 is 0 Å². The number of nitrogens with zero attached hydrogens (tertiary/aromatic N) is 6. The van der Waals surface area contributed by atoms with Crippen molar-refractivity contribution >= 4 is 46.8 Å². The number of nitrogens with one attached hydrogen (secondary N) is 2. The average molecular weight is 747 g/mol. The Kier molecular flexibility index (Phi) is 14.3. The molecule has 11 nitrogen and oxygen atoms in total. The number of hydrogen-bond donors (Lipinski definition) is 2. The Hall–Kier alpha value is -4.23. The first-order valence-electron chi connectivity index (χ1n) is 17.8. The second kappa shape index (κ2) is 19.0. The summed E-state index contributed by atoms with van der Waals surface area (Å²) < 4.78 is 18.9. The van der Waals surface area contributed by atoms with Crippen LogP contribution in [0.15, 0.2) is 96.2 Å². The van der Waals surface area contributed by atoms with Gasteiger partial charge in [0.05, 0.1) is 32.4 Å². The number of rotatable bonds is 14. The highest BCUT2D eigenvalue weighted by molar-refractivity contribution is 7.99. The van der Waals surface area contributed by atoms with Crippen molar-refractivity contribution in [2.45, 2.75) is 50.6 Å². The summed E-state index contributed by atoms with van der Waals surface area (Å²) in [5.41, 5.74) is 4.43. The minimum atomic E-state index is -0.735. The van der Waals surface area contributed by atoms with Crippen LogP contribution in [-0.2, 0) is 22.3 Å². The highest BCUT2D eigenvalue weighted by Gasteiger charge is 2.39. The van der Waals surface area contributed by atoms with Gasteiger partial charge in [-0.2, -0.15) is 0 Å². The fraction of sp³-hybridized carbons (Fsp3) is 0.410. The monoisotopic (exact) mass is 746 g/mol. The summed E-state index contributed by atoms with van der Waals surface area (Å²) in [5, 5.41) is 21.0. The van der Waals surface area contributed by atoms with Crippen LogP contribution in [0, 0.1) is 5.41 Å². The van der Waals surface area contributed by atoms with E-state index in [0.717, 1.165) is 67.0 Å². The van der Waals surface area contributed by atoms with Gasteiger partial charge in [-0.05, 0) is 86.5 Å². The number of halogens is 1. The molecule has 3 heterocycles. The van der Waals surface area contributed by atoms with E-state index in [4.69, 9.17) is 31.2 Å². The molecule has 2 fully saturated rings. The fourth-order valence-corrected chi connectivity index (χ4v) is 7.09. The molecule has 0 amide bonds. The van der Waals surface area contributed by atoms with Gasteiger partial charge in [0, 0.05) is 66.9 Å². The van der Waals surface area contributed by atoms with Crippen LogP contribution in [0.3, 0.4) is 0 Å². The van der Waals surface area contributed by atoms with Crippen LogP contribution in [-0.4, -0.2) is 79.4 Å². The standard InChI is InChI=1S/C26H37N5O.C13H14ClN3O2S/c1-5-7-26(28-21(3)6-2)31(20-27)24-10-8-22(9-11-24)29-16-18-30(19-17-29)23-12-14-25(32-4)15-13-23;1-17-9-15-16-12(17)20-8-13(18-6-7-19-13)10-2-4-11(14)5-3-10/h7-15,20-21,27-28H,5-6,16-19H2,1-4H3;2-5,9H,6-8H2,1H3. The minimum absolute atomic E-state index is 0.358. The first-order chi connectivity index (χ1) is 25.3. The molecule has 278 valence electrons. The van der Waals surface area contributed by atoms with Gasteiger partial charge < -0.3 is 33.9 Å². The summed E-state index contributed by atoms with van der Waals surface area (Å²) >= 11 is 7.49. The molecule has 0 aliphatic carbocycles. The second-order valence-electron chi connectivity index (χ2n) is 12.6. The second-order valence-corrected chi connectivity index (χ2v) is 14.0. The van der Waals surface area contributed by atoms with Gasteiger partial charge in [-0.15, -0.1) is 10.2 Å². The lowest BCUT2D eigenvalue weighted by molar-refractivity contribution is -0.145. The molecule has 0 bridgehead atoms. The van der Waals surface area contributed by atoms with Crippen molar-refractivity contribution in [1.29, 1.82) is 5.41 Å². The number of allylic oxidation sites excluding steroid dienone is 1. The van der Waals surface area contributed by atoms with Gasteiger partial charge in [-0.1, -0.05) is 49.3 Å². The third kappa shape index (κ3) is 10.0. The summed E-state index contributed by atoms with van der Waals surface area (Å²) in [7, 11) is 3.61. The van der Waals surface area contributed by atoms with Crippen LogP contribution >= 0.6 is 23.4 Å². The van der Waals surface area contributed by atoms with Crippen molar-refractivity contribution in [1.82, 2.24) is 20.1 Å². The number of anilines is 3. The number of methoxy groups -OCH3 is 1. The molecule has 2 N–H and O–H groups in total. The zero-order valence-electron chi connectivity index (χ0n) is 30.8. The molecule has 1 aromatic heterocycles. The van der Waals surface area contributed by atoms with Crippen LogP contribution in [0.2, 0.25) is 5.02 Å². The number of hydrogen-bond acceptors (Lipinski definition) is 10. The van der Waals surface area contributed by atoms with Crippen molar-refractivity contribution in [2.75, 3.05) is 67.0 Å². The Morgan fingerprint density at radius 3 is 2.08 bits per heavy atom. The maximum absolute atomic E-state index is 7.98. The van der Waals surface area contributed by atoms with Gasteiger partial charge in [-0.3, -0.25) is 10.3 Å².